The summed E-state index contributed by atoms with van der Waals surface area (Å²) in [6.07, 6.45) is 0. The van der Waals surface area contributed by atoms with Crippen LogP contribution in [0.2, 0.25) is 0 Å². The minimum Gasteiger partial charge on any atom is -0.228 e. The Labute approximate surface area is 217 Å². The van der Waals surface area contributed by atoms with Crippen molar-refractivity contribution in [1.29, 1.82) is 0 Å². The van der Waals surface area contributed by atoms with E-state index >= 15 is 0 Å². The van der Waals surface area contributed by atoms with Crippen molar-refractivity contribution in [1.82, 2.24) is 9.97 Å². The molecule has 176 valence electrons. The number of rotatable bonds is 3. The van der Waals surface area contributed by atoms with E-state index < -0.39 is 0 Å². The van der Waals surface area contributed by atoms with Crippen LogP contribution in [0.5, 0.6) is 0 Å². The van der Waals surface area contributed by atoms with E-state index in [2.05, 4.69) is 111 Å². The molecule has 1 aliphatic rings. The van der Waals surface area contributed by atoms with Crippen LogP contribution < -0.4 is 0 Å². The molecule has 0 saturated carbocycles. The van der Waals surface area contributed by atoms with Gasteiger partial charge in [0.2, 0.25) is 0 Å². The lowest BCUT2D eigenvalue weighted by atomic mass is 9.81. The molecule has 1 aliphatic carbocycles. The lowest BCUT2D eigenvalue weighted by Crippen LogP contribution is -2.14. The van der Waals surface area contributed by atoms with E-state index in [-0.39, 0.29) is 5.41 Å². The smallest absolute Gasteiger partial charge is 0.160 e. The zero-order chi connectivity index (χ0) is 25.0. The second kappa shape index (κ2) is 8.25. The van der Waals surface area contributed by atoms with Crippen LogP contribution in [0.4, 0.5) is 0 Å². The Morgan fingerprint density at radius 2 is 1.11 bits per heavy atom. The molecule has 0 N–H and O–H groups in total. The Morgan fingerprint density at radius 3 is 1.89 bits per heavy atom. The molecule has 1 aromatic heterocycles. The molecule has 37 heavy (non-hydrogen) atoms. The molecule has 0 unspecified atom stereocenters. The van der Waals surface area contributed by atoms with Crippen LogP contribution in [-0.2, 0) is 5.41 Å². The second-order valence-corrected chi connectivity index (χ2v) is 10.3. The van der Waals surface area contributed by atoms with E-state index in [1.807, 2.05) is 24.3 Å². The third-order valence-corrected chi connectivity index (χ3v) is 7.69. The predicted octanol–water partition coefficient (Wildman–Crippen LogP) is 8.94. The quantitative estimate of drug-likeness (QED) is 0.256. The molecule has 2 heteroatoms. The molecule has 5 aromatic carbocycles. The van der Waals surface area contributed by atoms with Gasteiger partial charge in [-0.25, -0.2) is 9.97 Å². The highest BCUT2D eigenvalue weighted by Gasteiger charge is 2.35. The van der Waals surface area contributed by atoms with Crippen molar-refractivity contribution in [3.63, 3.8) is 0 Å². The highest BCUT2D eigenvalue weighted by atomic mass is 14.9. The Balaban J connectivity index is 1.41. The van der Waals surface area contributed by atoms with E-state index in [0.29, 0.717) is 0 Å². The molecule has 7 rings (SSSR count). The van der Waals surface area contributed by atoms with E-state index in [4.69, 9.17) is 9.97 Å². The Morgan fingerprint density at radius 1 is 0.486 bits per heavy atom. The summed E-state index contributed by atoms with van der Waals surface area (Å²) in [6.45, 7) is 4.65. The molecular weight excluding hydrogens is 448 g/mol. The maximum atomic E-state index is 5.04. The summed E-state index contributed by atoms with van der Waals surface area (Å²) in [6, 6.07) is 42.9. The van der Waals surface area contributed by atoms with Crippen molar-refractivity contribution in [3.8, 4) is 44.9 Å². The monoisotopic (exact) mass is 474 g/mol. The van der Waals surface area contributed by atoms with Gasteiger partial charge in [-0.1, -0.05) is 117 Å². The van der Waals surface area contributed by atoms with Crippen molar-refractivity contribution in [2.24, 2.45) is 0 Å². The highest BCUT2D eigenvalue weighted by Crippen LogP contribution is 2.49. The van der Waals surface area contributed by atoms with Crippen molar-refractivity contribution in [2.75, 3.05) is 0 Å². The van der Waals surface area contributed by atoms with Crippen molar-refractivity contribution < 1.29 is 0 Å². The van der Waals surface area contributed by atoms with Crippen molar-refractivity contribution in [2.45, 2.75) is 19.3 Å². The highest BCUT2D eigenvalue weighted by molar-refractivity contribution is 5.96. The van der Waals surface area contributed by atoms with E-state index in [9.17, 15) is 0 Å². The summed E-state index contributed by atoms with van der Waals surface area (Å²) < 4.78 is 0. The first-order chi connectivity index (χ1) is 18.1. The predicted molar refractivity (Wildman–Crippen MR) is 153 cm³/mol. The van der Waals surface area contributed by atoms with Gasteiger partial charge in [0.1, 0.15) is 0 Å². The summed E-state index contributed by atoms with van der Waals surface area (Å²) in [5.74, 6) is 0.745. The summed E-state index contributed by atoms with van der Waals surface area (Å²) >= 11 is 0. The third-order valence-electron chi connectivity index (χ3n) is 7.69. The molecule has 0 spiro atoms. The fourth-order valence-corrected chi connectivity index (χ4v) is 5.73. The maximum absolute atomic E-state index is 5.04. The third kappa shape index (κ3) is 3.48. The van der Waals surface area contributed by atoms with Crippen LogP contribution in [-0.4, -0.2) is 9.97 Å². The number of fused-ring (bicyclic) bond motifs is 4. The topological polar surface area (TPSA) is 25.8 Å². The minimum atomic E-state index is -0.0259. The molecule has 6 aromatic rings. The molecule has 0 radical (unpaired) electrons. The molecule has 0 amide bonds. The largest absolute Gasteiger partial charge is 0.228 e. The van der Waals surface area contributed by atoms with Gasteiger partial charge >= 0.3 is 0 Å². The first kappa shape index (κ1) is 21.7. The van der Waals surface area contributed by atoms with Gasteiger partial charge in [0.15, 0.2) is 5.82 Å². The molecular formula is C35H26N2. The van der Waals surface area contributed by atoms with Gasteiger partial charge in [-0.05, 0) is 51.6 Å². The number of hydrogen-bond acceptors (Lipinski definition) is 2. The Hall–Kier alpha value is -4.56. The van der Waals surface area contributed by atoms with Crippen molar-refractivity contribution in [3.05, 3.63) is 132 Å². The zero-order valence-electron chi connectivity index (χ0n) is 20.9. The van der Waals surface area contributed by atoms with E-state index in [1.54, 1.807) is 0 Å². The summed E-state index contributed by atoms with van der Waals surface area (Å²) in [7, 11) is 0. The summed E-state index contributed by atoms with van der Waals surface area (Å²) in [4.78, 5) is 10.1. The number of aromatic nitrogens is 2. The van der Waals surface area contributed by atoms with Crippen LogP contribution >= 0.6 is 0 Å². The first-order valence-electron chi connectivity index (χ1n) is 12.8. The molecule has 0 bridgehead atoms. The molecule has 0 aliphatic heterocycles. The van der Waals surface area contributed by atoms with Gasteiger partial charge in [0.25, 0.3) is 0 Å². The summed E-state index contributed by atoms with van der Waals surface area (Å²) in [5, 5.41) is 1.06. The lowest BCUT2D eigenvalue weighted by Gasteiger charge is -2.22. The lowest BCUT2D eigenvalue weighted by molar-refractivity contribution is 0.660. The van der Waals surface area contributed by atoms with E-state index in [1.165, 1.54) is 33.4 Å². The van der Waals surface area contributed by atoms with Crippen LogP contribution in [0.1, 0.15) is 25.0 Å². The minimum absolute atomic E-state index is 0.0259. The van der Waals surface area contributed by atoms with E-state index in [0.717, 1.165) is 33.5 Å². The molecule has 0 atom stereocenters. The average Bonchev–Trinajstić information content (AvgIpc) is 3.19. The second-order valence-electron chi connectivity index (χ2n) is 10.3. The maximum Gasteiger partial charge on any atom is 0.160 e. The van der Waals surface area contributed by atoms with Crippen LogP contribution in [0, 0.1) is 0 Å². The van der Waals surface area contributed by atoms with Gasteiger partial charge in [-0.2, -0.15) is 0 Å². The van der Waals surface area contributed by atoms with Gasteiger partial charge in [0.05, 0.1) is 11.2 Å². The fraction of sp³-hybridized carbons (Fsp3) is 0.0857. The first-order valence-corrected chi connectivity index (χ1v) is 12.8. The number of nitrogens with zero attached hydrogens (tertiary/aromatic N) is 2. The van der Waals surface area contributed by atoms with Crippen LogP contribution in [0.15, 0.2) is 121 Å². The van der Waals surface area contributed by atoms with Gasteiger partial charge < -0.3 is 0 Å². The standard InChI is InChI=1S/C35H26N2/c1-35(2)30-16-10-9-15-27(30)28-19-17-25(21-31(28)35)26-18-20-29-32(22-26)36-34(24-13-7-4-8-14-24)37-33(29)23-11-5-3-6-12-23/h3-22H,1-2H3. The molecule has 1 heterocycles. The number of hydrogen-bond donors (Lipinski definition) is 0. The Bertz CT molecular complexity index is 1780. The summed E-state index contributed by atoms with van der Waals surface area (Å²) in [5.41, 5.74) is 11.8. The number of benzene rings is 5. The average molecular weight is 475 g/mol. The van der Waals surface area contributed by atoms with Crippen LogP contribution in [0.25, 0.3) is 55.8 Å². The normalized spacial score (nSPS) is 13.4. The van der Waals surface area contributed by atoms with Gasteiger partial charge in [-0.15, -0.1) is 0 Å². The molecule has 0 fully saturated rings. The van der Waals surface area contributed by atoms with Crippen LogP contribution in [0.3, 0.4) is 0 Å². The molecule has 0 saturated heterocycles. The van der Waals surface area contributed by atoms with Crippen molar-refractivity contribution >= 4 is 10.9 Å². The Kier molecular flexibility index (Phi) is 4.84. The zero-order valence-corrected chi connectivity index (χ0v) is 20.9. The molecule has 2 nitrogen and oxygen atoms in total. The SMILES string of the molecule is CC1(C)c2ccccc2-c2ccc(-c3ccc4c(-c5ccccc5)nc(-c5ccccc5)nc4c3)cc21. The van der Waals surface area contributed by atoms with Gasteiger partial charge in [0, 0.05) is 21.9 Å². The van der Waals surface area contributed by atoms with Gasteiger partial charge in [-0.3, -0.25) is 0 Å². The fourth-order valence-electron chi connectivity index (χ4n) is 5.73.